The molecular weight excluding hydrogens is 202 g/mol. The molecule has 2 heterocycles. The van der Waals surface area contributed by atoms with Crippen LogP contribution in [-0.4, -0.2) is 10.5 Å². The topological polar surface area (TPSA) is 60.1 Å². The Morgan fingerprint density at radius 2 is 2.19 bits per heavy atom. The van der Waals surface area contributed by atoms with Gasteiger partial charge in [0, 0.05) is 17.3 Å². The quantitative estimate of drug-likeness (QED) is 0.743. The number of para-hydroxylation sites is 1. The van der Waals surface area contributed by atoms with Gasteiger partial charge in [0.1, 0.15) is 5.70 Å². The predicted molar refractivity (Wildman–Crippen MR) is 62.2 cm³/mol. The SMILES string of the molecule is NC(=O)C1=CNCc2cc3ccccc3n21. The number of carbonyl (C=O) groups excluding carboxylic acids is 1. The molecular formula is C12H11N3O. The van der Waals surface area contributed by atoms with E-state index in [1.165, 1.54) is 0 Å². The van der Waals surface area contributed by atoms with Gasteiger partial charge in [0.05, 0.1) is 12.1 Å². The molecule has 1 aliphatic heterocycles. The summed E-state index contributed by atoms with van der Waals surface area (Å²) < 4.78 is 1.91. The lowest BCUT2D eigenvalue weighted by Gasteiger charge is -2.17. The number of nitrogens with zero attached hydrogens (tertiary/aromatic N) is 1. The molecule has 1 aromatic heterocycles. The van der Waals surface area contributed by atoms with Crippen molar-refractivity contribution < 1.29 is 4.79 Å². The Morgan fingerprint density at radius 1 is 1.38 bits per heavy atom. The minimum Gasteiger partial charge on any atom is -0.383 e. The Bertz CT molecular complexity index is 610. The van der Waals surface area contributed by atoms with Crippen LogP contribution >= 0.6 is 0 Å². The normalized spacial score (nSPS) is 14.1. The van der Waals surface area contributed by atoms with Crippen LogP contribution in [0, 0.1) is 0 Å². The summed E-state index contributed by atoms with van der Waals surface area (Å²) in [5, 5.41) is 4.17. The van der Waals surface area contributed by atoms with Crippen LogP contribution in [0.4, 0.5) is 0 Å². The first-order valence-electron chi connectivity index (χ1n) is 5.10. The molecule has 0 aliphatic carbocycles. The summed E-state index contributed by atoms with van der Waals surface area (Å²) in [5.41, 5.74) is 7.92. The van der Waals surface area contributed by atoms with Gasteiger partial charge >= 0.3 is 0 Å². The highest BCUT2D eigenvalue weighted by atomic mass is 16.1. The third-order valence-electron chi connectivity index (χ3n) is 2.80. The molecule has 0 bridgehead atoms. The summed E-state index contributed by atoms with van der Waals surface area (Å²) in [5.74, 6) is -0.421. The van der Waals surface area contributed by atoms with Gasteiger partial charge in [-0.05, 0) is 12.1 Å². The molecule has 3 N–H and O–H groups in total. The number of carbonyl (C=O) groups is 1. The fourth-order valence-corrected chi connectivity index (χ4v) is 2.12. The molecule has 80 valence electrons. The number of primary amides is 1. The Hall–Kier alpha value is -2.23. The van der Waals surface area contributed by atoms with E-state index in [-0.39, 0.29) is 0 Å². The zero-order valence-corrected chi connectivity index (χ0v) is 8.60. The third kappa shape index (κ3) is 1.13. The summed E-state index contributed by atoms with van der Waals surface area (Å²) in [6, 6.07) is 10.0. The first kappa shape index (κ1) is 9.03. The molecule has 0 fully saturated rings. The zero-order valence-electron chi connectivity index (χ0n) is 8.60. The van der Waals surface area contributed by atoms with Crippen LogP contribution in [0.15, 0.2) is 36.5 Å². The molecule has 0 unspecified atom stereocenters. The molecule has 0 saturated heterocycles. The van der Waals surface area contributed by atoms with Crippen molar-refractivity contribution in [2.24, 2.45) is 5.73 Å². The van der Waals surface area contributed by atoms with Gasteiger partial charge in [0.25, 0.3) is 5.91 Å². The molecule has 16 heavy (non-hydrogen) atoms. The second-order valence-electron chi connectivity index (χ2n) is 3.80. The Morgan fingerprint density at radius 3 is 3.00 bits per heavy atom. The number of nitrogens with two attached hydrogens (primary N) is 1. The minimum absolute atomic E-state index is 0.421. The second kappa shape index (κ2) is 3.13. The summed E-state index contributed by atoms with van der Waals surface area (Å²) in [6.45, 7) is 0.714. The monoisotopic (exact) mass is 213 g/mol. The van der Waals surface area contributed by atoms with Crippen molar-refractivity contribution >= 4 is 22.5 Å². The van der Waals surface area contributed by atoms with Crippen molar-refractivity contribution in [2.45, 2.75) is 6.54 Å². The van der Waals surface area contributed by atoms with E-state index in [1.807, 2.05) is 28.8 Å². The first-order chi connectivity index (χ1) is 7.77. The van der Waals surface area contributed by atoms with Gasteiger partial charge in [0.2, 0.25) is 0 Å². The summed E-state index contributed by atoms with van der Waals surface area (Å²) in [7, 11) is 0. The van der Waals surface area contributed by atoms with Crippen LogP contribution in [0.2, 0.25) is 0 Å². The molecule has 4 nitrogen and oxygen atoms in total. The summed E-state index contributed by atoms with van der Waals surface area (Å²) in [4.78, 5) is 11.4. The lowest BCUT2D eigenvalue weighted by atomic mass is 10.2. The fourth-order valence-electron chi connectivity index (χ4n) is 2.12. The Kier molecular flexibility index (Phi) is 1.77. The number of rotatable bonds is 1. The average molecular weight is 213 g/mol. The third-order valence-corrected chi connectivity index (χ3v) is 2.80. The van der Waals surface area contributed by atoms with E-state index in [9.17, 15) is 4.79 Å². The van der Waals surface area contributed by atoms with Gasteiger partial charge in [-0.2, -0.15) is 0 Å². The van der Waals surface area contributed by atoms with Crippen molar-refractivity contribution in [1.82, 2.24) is 9.88 Å². The molecule has 0 saturated carbocycles. The van der Waals surface area contributed by atoms with E-state index in [0.717, 1.165) is 16.6 Å². The summed E-state index contributed by atoms with van der Waals surface area (Å²) in [6.07, 6.45) is 1.67. The number of aromatic nitrogens is 1. The lowest BCUT2D eigenvalue weighted by molar-refractivity contribution is -0.113. The highest BCUT2D eigenvalue weighted by molar-refractivity contribution is 6.14. The van der Waals surface area contributed by atoms with Crippen LogP contribution in [0.25, 0.3) is 16.6 Å². The Labute approximate surface area is 92.3 Å². The van der Waals surface area contributed by atoms with Gasteiger partial charge in [-0.1, -0.05) is 18.2 Å². The van der Waals surface area contributed by atoms with Crippen LogP contribution in [0.3, 0.4) is 0 Å². The van der Waals surface area contributed by atoms with Crippen LogP contribution < -0.4 is 11.1 Å². The summed E-state index contributed by atoms with van der Waals surface area (Å²) >= 11 is 0. The Balaban J connectivity index is 2.35. The maximum atomic E-state index is 11.4. The molecule has 1 aromatic carbocycles. The maximum Gasteiger partial charge on any atom is 0.267 e. The molecule has 1 aliphatic rings. The first-order valence-corrected chi connectivity index (χ1v) is 5.10. The maximum absolute atomic E-state index is 11.4. The van der Waals surface area contributed by atoms with Gasteiger partial charge in [-0.25, -0.2) is 0 Å². The van der Waals surface area contributed by atoms with Crippen molar-refractivity contribution in [3.8, 4) is 0 Å². The highest BCUT2D eigenvalue weighted by Crippen LogP contribution is 2.25. The van der Waals surface area contributed by atoms with Crippen LogP contribution in [-0.2, 0) is 11.3 Å². The van der Waals surface area contributed by atoms with Crippen LogP contribution in [0.5, 0.6) is 0 Å². The molecule has 0 spiro atoms. The predicted octanol–water partition coefficient (Wildman–Crippen LogP) is 1.03. The van der Waals surface area contributed by atoms with E-state index >= 15 is 0 Å². The molecule has 0 radical (unpaired) electrons. The van der Waals surface area contributed by atoms with Crippen molar-refractivity contribution in [2.75, 3.05) is 0 Å². The number of amides is 1. The second-order valence-corrected chi connectivity index (χ2v) is 3.80. The van der Waals surface area contributed by atoms with Crippen molar-refractivity contribution in [1.29, 1.82) is 0 Å². The number of benzene rings is 1. The highest BCUT2D eigenvalue weighted by Gasteiger charge is 2.18. The smallest absolute Gasteiger partial charge is 0.267 e. The largest absolute Gasteiger partial charge is 0.383 e. The van der Waals surface area contributed by atoms with E-state index in [1.54, 1.807) is 6.20 Å². The fraction of sp³-hybridized carbons (Fsp3) is 0.0833. The number of nitrogens with one attached hydrogen (secondary N) is 1. The van der Waals surface area contributed by atoms with Gasteiger partial charge in [-0.3, -0.25) is 4.79 Å². The van der Waals surface area contributed by atoms with E-state index < -0.39 is 5.91 Å². The standard InChI is InChI=1S/C12H11N3O/c13-12(16)11-7-14-6-9-5-8-3-1-2-4-10(8)15(9)11/h1-5,7,14H,6H2,(H2,13,16). The number of hydrogen-bond acceptors (Lipinski definition) is 2. The molecule has 3 rings (SSSR count). The zero-order chi connectivity index (χ0) is 11.1. The van der Waals surface area contributed by atoms with Gasteiger partial charge in [0.15, 0.2) is 0 Å². The van der Waals surface area contributed by atoms with Gasteiger partial charge < -0.3 is 15.6 Å². The molecule has 4 heteroatoms. The number of hydrogen-bond donors (Lipinski definition) is 2. The van der Waals surface area contributed by atoms with Crippen molar-refractivity contribution in [3.63, 3.8) is 0 Å². The van der Waals surface area contributed by atoms with E-state index in [4.69, 9.17) is 5.73 Å². The van der Waals surface area contributed by atoms with E-state index in [0.29, 0.717) is 12.2 Å². The van der Waals surface area contributed by atoms with Crippen LogP contribution in [0.1, 0.15) is 5.69 Å². The molecule has 0 atom stereocenters. The molecule has 2 aromatic rings. The lowest BCUT2D eigenvalue weighted by Crippen LogP contribution is -2.26. The van der Waals surface area contributed by atoms with Crippen molar-refractivity contribution in [3.05, 3.63) is 42.2 Å². The van der Waals surface area contributed by atoms with Gasteiger partial charge in [-0.15, -0.1) is 0 Å². The molecule has 1 amide bonds. The number of fused-ring (bicyclic) bond motifs is 3. The van der Waals surface area contributed by atoms with E-state index in [2.05, 4.69) is 11.4 Å². The minimum atomic E-state index is -0.421. The average Bonchev–Trinajstić information content (AvgIpc) is 2.66.